The lowest BCUT2D eigenvalue weighted by atomic mass is 10.1. The van der Waals surface area contributed by atoms with Crippen LogP contribution < -0.4 is 9.62 Å². The number of carbonyl (C=O) groups excluding carboxylic acids is 2. The van der Waals surface area contributed by atoms with Crippen LogP contribution in [0.2, 0.25) is 0 Å². The normalized spacial score (nSPS) is 11.0. The second-order valence-corrected chi connectivity index (χ2v) is 8.89. The Hall–Kier alpha value is -3.72. The highest BCUT2D eigenvalue weighted by Gasteiger charge is 2.29. The third-order valence-corrected chi connectivity index (χ3v) is 6.62. The summed E-state index contributed by atoms with van der Waals surface area (Å²) < 4.78 is 46.8. The maximum absolute atomic E-state index is 14.6. The molecule has 0 atom stereocenters. The van der Waals surface area contributed by atoms with Crippen molar-refractivity contribution >= 4 is 33.3 Å². The number of anilines is 2. The molecule has 0 aliphatic carbocycles. The highest BCUT2D eigenvalue weighted by atomic mass is 32.2. The van der Waals surface area contributed by atoms with E-state index in [1.807, 2.05) is 0 Å². The quantitative estimate of drug-likeness (QED) is 0.500. The van der Waals surface area contributed by atoms with Crippen LogP contribution in [0, 0.1) is 12.7 Å². The van der Waals surface area contributed by atoms with Crippen LogP contribution in [0.5, 0.6) is 0 Å². The van der Waals surface area contributed by atoms with E-state index in [0.29, 0.717) is 11.3 Å². The van der Waals surface area contributed by atoms with Gasteiger partial charge >= 0.3 is 5.97 Å². The van der Waals surface area contributed by atoms with Gasteiger partial charge in [0.2, 0.25) is 5.91 Å². The van der Waals surface area contributed by atoms with E-state index in [1.54, 1.807) is 38.1 Å². The van der Waals surface area contributed by atoms with Crippen LogP contribution in [-0.4, -0.2) is 33.4 Å². The second kappa shape index (κ2) is 10.3. The first-order valence-corrected chi connectivity index (χ1v) is 11.6. The second-order valence-electron chi connectivity index (χ2n) is 7.02. The lowest BCUT2D eigenvalue weighted by molar-refractivity contribution is -0.114. The zero-order valence-electron chi connectivity index (χ0n) is 18.1. The van der Waals surface area contributed by atoms with Crippen LogP contribution in [0.25, 0.3) is 0 Å². The minimum absolute atomic E-state index is 0.0819. The molecule has 1 amide bonds. The van der Waals surface area contributed by atoms with Crippen molar-refractivity contribution < 1.29 is 27.1 Å². The summed E-state index contributed by atoms with van der Waals surface area (Å²) in [5.74, 6) is -2.03. The van der Waals surface area contributed by atoms with Crippen molar-refractivity contribution in [3.63, 3.8) is 0 Å². The molecule has 0 heterocycles. The molecule has 172 valence electrons. The summed E-state index contributed by atoms with van der Waals surface area (Å²) in [6.07, 6.45) is 0. The molecule has 0 bridgehead atoms. The standard InChI is InChI=1S/C24H23FN2O5S/c1-3-32-24(29)19-12-9-14-21(17(19)2)26-23(28)16-27(22-15-8-7-13-20(22)25)33(30,31)18-10-5-4-6-11-18/h4-15H,3,16H2,1-2H3,(H,26,28). The van der Waals surface area contributed by atoms with Gasteiger partial charge in [0.15, 0.2) is 0 Å². The van der Waals surface area contributed by atoms with Crippen molar-refractivity contribution in [1.29, 1.82) is 0 Å². The van der Waals surface area contributed by atoms with Crippen LogP contribution in [0.1, 0.15) is 22.8 Å². The van der Waals surface area contributed by atoms with Gasteiger partial charge in [-0.3, -0.25) is 9.10 Å². The molecule has 3 rings (SSSR count). The highest BCUT2D eigenvalue weighted by Crippen LogP contribution is 2.26. The largest absolute Gasteiger partial charge is 0.462 e. The number of carbonyl (C=O) groups is 2. The maximum atomic E-state index is 14.6. The lowest BCUT2D eigenvalue weighted by Gasteiger charge is -2.24. The number of hydrogen-bond donors (Lipinski definition) is 1. The van der Waals surface area contributed by atoms with Gasteiger partial charge in [0.05, 0.1) is 22.8 Å². The predicted octanol–water partition coefficient (Wildman–Crippen LogP) is 4.14. The van der Waals surface area contributed by atoms with Crippen molar-refractivity contribution in [2.45, 2.75) is 18.7 Å². The van der Waals surface area contributed by atoms with E-state index in [9.17, 15) is 22.4 Å². The number of ether oxygens (including phenoxy) is 1. The fourth-order valence-electron chi connectivity index (χ4n) is 3.19. The fraction of sp³-hybridized carbons (Fsp3) is 0.167. The number of hydrogen-bond acceptors (Lipinski definition) is 5. The van der Waals surface area contributed by atoms with Gasteiger partial charge in [0.25, 0.3) is 10.0 Å². The van der Waals surface area contributed by atoms with Crippen LogP contribution in [0.15, 0.2) is 77.7 Å². The van der Waals surface area contributed by atoms with E-state index in [4.69, 9.17) is 4.74 Å². The van der Waals surface area contributed by atoms with Gasteiger partial charge in [-0.25, -0.2) is 17.6 Å². The van der Waals surface area contributed by atoms with Crippen molar-refractivity contribution in [1.82, 2.24) is 0 Å². The molecule has 3 aromatic carbocycles. The number of nitrogens with zero attached hydrogens (tertiary/aromatic N) is 1. The average molecular weight is 471 g/mol. The van der Waals surface area contributed by atoms with Gasteiger partial charge in [0, 0.05) is 5.69 Å². The summed E-state index contributed by atoms with van der Waals surface area (Å²) in [4.78, 5) is 24.9. The molecule has 3 aromatic rings. The van der Waals surface area contributed by atoms with Crippen LogP contribution in [-0.2, 0) is 19.6 Å². The van der Waals surface area contributed by atoms with Crippen LogP contribution >= 0.6 is 0 Å². The number of halogens is 1. The molecule has 33 heavy (non-hydrogen) atoms. The number of amides is 1. The highest BCUT2D eigenvalue weighted by molar-refractivity contribution is 7.92. The van der Waals surface area contributed by atoms with Gasteiger partial charge in [-0.1, -0.05) is 36.4 Å². The van der Waals surface area contributed by atoms with Crippen LogP contribution in [0.4, 0.5) is 15.8 Å². The Bertz CT molecular complexity index is 1260. The molecule has 0 aliphatic heterocycles. The van der Waals surface area contributed by atoms with Crippen LogP contribution in [0.3, 0.4) is 0 Å². The molecule has 7 nitrogen and oxygen atoms in total. The fourth-order valence-corrected chi connectivity index (χ4v) is 4.64. The van der Waals surface area contributed by atoms with E-state index in [2.05, 4.69) is 5.32 Å². The Morgan fingerprint density at radius 1 is 0.970 bits per heavy atom. The molecule has 0 unspecified atom stereocenters. The van der Waals surface area contributed by atoms with E-state index >= 15 is 0 Å². The summed E-state index contributed by atoms with van der Waals surface area (Å²) in [5, 5.41) is 2.62. The number of sulfonamides is 1. The van der Waals surface area contributed by atoms with E-state index in [0.717, 1.165) is 10.4 Å². The number of rotatable bonds is 8. The molecule has 0 saturated carbocycles. The van der Waals surface area contributed by atoms with E-state index < -0.39 is 34.3 Å². The summed E-state index contributed by atoms with van der Waals surface area (Å²) in [5.41, 5.74) is 0.801. The number of nitrogens with one attached hydrogen (secondary N) is 1. The number of esters is 1. The summed E-state index contributed by atoms with van der Waals surface area (Å²) in [6, 6.07) is 17.5. The molecule has 0 aromatic heterocycles. The molecule has 0 saturated heterocycles. The molecule has 0 spiro atoms. The van der Waals surface area contributed by atoms with Crippen molar-refractivity contribution in [2.75, 3.05) is 22.8 Å². The third-order valence-electron chi connectivity index (χ3n) is 4.84. The molecule has 0 aliphatic rings. The monoisotopic (exact) mass is 470 g/mol. The summed E-state index contributed by atoms with van der Waals surface area (Å²) in [6.45, 7) is 2.84. The first kappa shape index (κ1) is 23.9. The molecule has 9 heteroatoms. The first-order valence-electron chi connectivity index (χ1n) is 10.1. The van der Waals surface area contributed by atoms with E-state index in [1.165, 1.54) is 42.5 Å². The van der Waals surface area contributed by atoms with Gasteiger partial charge in [-0.2, -0.15) is 0 Å². The average Bonchev–Trinajstić information content (AvgIpc) is 2.80. The molecule has 0 radical (unpaired) electrons. The number of benzene rings is 3. The lowest BCUT2D eigenvalue weighted by Crippen LogP contribution is -2.38. The van der Waals surface area contributed by atoms with E-state index in [-0.39, 0.29) is 22.8 Å². The maximum Gasteiger partial charge on any atom is 0.338 e. The molecular formula is C24H23FN2O5S. The van der Waals surface area contributed by atoms with Crippen molar-refractivity contribution in [3.8, 4) is 0 Å². The Morgan fingerprint density at radius 3 is 2.30 bits per heavy atom. The van der Waals surface area contributed by atoms with Crippen molar-refractivity contribution in [3.05, 3.63) is 89.7 Å². The van der Waals surface area contributed by atoms with Gasteiger partial charge in [-0.15, -0.1) is 0 Å². The first-order chi connectivity index (χ1) is 15.8. The minimum Gasteiger partial charge on any atom is -0.462 e. The SMILES string of the molecule is CCOC(=O)c1cccc(NC(=O)CN(c2ccccc2F)S(=O)(=O)c2ccccc2)c1C. The van der Waals surface area contributed by atoms with Gasteiger partial charge < -0.3 is 10.1 Å². The molecular weight excluding hydrogens is 447 g/mol. The molecule has 1 N–H and O–H groups in total. The van der Waals surface area contributed by atoms with Gasteiger partial charge in [0.1, 0.15) is 12.4 Å². The Morgan fingerprint density at radius 2 is 1.64 bits per heavy atom. The van der Waals surface area contributed by atoms with Crippen molar-refractivity contribution in [2.24, 2.45) is 0 Å². The number of para-hydroxylation sites is 1. The Balaban J connectivity index is 1.93. The van der Waals surface area contributed by atoms with Gasteiger partial charge in [-0.05, 0) is 55.8 Å². The Labute approximate surface area is 191 Å². The summed E-state index contributed by atoms with van der Waals surface area (Å²) in [7, 11) is -4.24. The Kier molecular flexibility index (Phi) is 7.44. The zero-order chi connectivity index (χ0) is 24.0. The smallest absolute Gasteiger partial charge is 0.338 e. The minimum atomic E-state index is -4.24. The zero-order valence-corrected chi connectivity index (χ0v) is 18.9. The summed E-state index contributed by atoms with van der Waals surface area (Å²) >= 11 is 0. The third kappa shape index (κ3) is 5.38. The molecule has 0 fully saturated rings. The topological polar surface area (TPSA) is 92.8 Å². The predicted molar refractivity (Wildman–Crippen MR) is 123 cm³/mol.